The molecule has 0 saturated carbocycles. The molecule has 2 N–H and O–H groups in total. The van der Waals surface area contributed by atoms with Crippen LogP contribution >= 0.6 is 11.6 Å². The van der Waals surface area contributed by atoms with Crippen LogP contribution in [0.25, 0.3) is 0 Å². The Morgan fingerprint density at radius 1 is 1.29 bits per heavy atom. The molecule has 1 heterocycles. The van der Waals surface area contributed by atoms with Crippen LogP contribution in [0.4, 0.5) is 0 Å². The molecule has 0 saturated heterocycles. The van der Waals surface area contributed by atoms with Crippen molar-refractivity contribution >= 4 is 11.6 Å². The molecule has 1 unspecified atom stereocenters. The third-order valence-electron chi connectivity index (χ3n) is 4.04. The van der Waals surface area contributed by atoms with Crippen molar-refractivity contribution in [2.75, 3.05) is 13.6 Å². The van der Waals surface area contributed by atoms with E-state index in [1.807, 2.05) is 36.3 Å². The molecular formula is C16H23ClN4. The molecule has 0 radical (unpaired) electrons. The van der Waals surface area contributed by atoms with Gasteiger partial charge in [-0.25, -0.2) is 0 Å². The number of hydrogen-bond donors (Lipinski definition) is 1. The number of benzene rings is 1. The second kappa shape index (κ2) is 6.60. The average molecular weight is 307 g/mol. The summed E-state index contributed by atoms with van der Waals surface area (Å²) in [5.74, 6) is 0. The van der Waals surface area contributed by atoms with Crippen LogP contribution in [0.3, 0.4) is 0 Å². The topological polar surface area (TPSA) is 47.1 Å². The number of aryl methyl sites for hydroxylation is 1. The molecule has 0 spiro atoms. The highest BCUT2D eigenvalue weighted by molar-refractivity contribution is 6.30. The molecular weight excluding hydrogens is 284 g/mol. The molecule has 1 aromatic heterocycles. The summed E-state index contributed by atoms with van der Waals surface area (Å²) in [5.41, 5.74) is 8.38. The van der Waals surface area contributed by atoms with E-state index in [1.54, 1.807) is 0 Å². The summed E-state index contributed by atoms with van der Waals surface area (Å²) in [6, 6.07) is 7.98. The number of likely N-dealkylation sites (N-methyl/N-ethyl adjacent to an activating group) is 1. The van der Waals surface area contributed by atoms with Gasteiger partial charge in [-0.3, -0.25) is 9.58 Å². The van der Waals surface area contributed by atoms with Gasteiger partial charge in [0, 0.05) is 42.5 Å². The molecule has 4 nitrogen and oxygen atoms in total. The van der Waals surface area contributed by atoms with Gasteiger partial charge in [0.2, 0.25) is 0 Å². The van der Waals surface area contributed by atoms with Crippen molar-refractivity contribution in [3.63, 3.8) is 0 Å². The van der Waals surface area contributed by atoms with Gasteiger partial charge in [-0.2, -0.15) is 5.10 Å². The number of nitrogens with two attached hydrogens (primary N) is 1. The molecule has 1 aromatic carbocycles. The first-order valence-electron chi connectivity index (χ1n) is 7.06. The second-order valence-corrected chi connectivity index (χ2v) is 6.32. The fourth-order valence-corrected chi connectivity index (χ4v) is 2.55. The van der Waals surface area contributed by atoms with Crippen molar-refractivity contribution in [3.05, 3.63) is 52.8 Å². The molecule has 0 aliphatic carbocycles. The lowest BCUT2D eigenvalue weighted by Crippen LogP contribution is -2.50. The Balaban J connectivity index is 2.09. The molecule has 0 aliphatic heterocycles. The van der Waals surface area contributed by atoms with Gasteiger partial charge in [-0.15, -0.1) is 0 Å². The van der Waals surface area contributed by atoms with Gasteiger partial charge in [-0.05, 0) is 38.1 Å². The first kappa shape index (κ1) is 16.0. The molecule has 114 valence electrons. The molecule has 0 fully saturated rings. The summed E-state index contributed by atoms with van der Waals surface area (Å²) >= 11 is 5.94. The number of aromatic nitrogens is 2. The smallest absolute Gasteiger partial charge is 0.0534 e. The summed E-state index contributed by atoms with van der Waals surface area (Å²) in [6.07, 6.45) is 4.82. The van der Waals surface area contributed by atoms with Gasteiger partial charge < -0.3 is 5.73 Å². The van der Waals surface area contributed by atoms with Crippen LogP contribution in [0, 0.1) is 0 Å². The van der Waals surface area contributed by atoms with Crippen LogP contribution in [0.2, 0.25) is 5.02 Å². The van der Waals surface area contributed by atoms with Gasteiger partial charge in [0.05, 0.1) is 6.20 Å². The summed E-state index contributed by atoms with van der Waals surface area (Å²) in [6.45, 7) is 3.61. The Bertz CT molecular complexity index is 578. The lowest BCUT2D eigenvalue weighted by Gasteiger charge is -2.38. The molecule has 1 atom stereocenters. The Kier molecular flexibility index (Phi) is 5.04. The van der Waals surface area contributed by atoms with Crippen LogP contribution in [0.5, 0.6) is 0 Å². The lowest BCUT2D eigenvalue weighted by atomic mass is 9.91. The third-order valence-corrected chi connectivity index (χ3v) is 4.29. The fourth-order valence-electron chi connectivity index (χ4n) is 2.42. The zero-order chi connectivity index (χ0) is 15.5. The van der Waals surface area contributed by atoms with Gasteiger partial charge in [0.25, 0.3) is 0 Å². The Hall–Kier alpha value is -1.36. The van der Waals surface area contributed by atoms with Crippen LogP contribution in [-0.2, 0) is 20.0 Å². The predicted molar refractivity (Wildman–Crippen MR) is 87.3 cm³/mol. The largest absolute Gasteiger partial charge is 0.329 e. The standard InChI is InChI=1S/C16H23ClN4/c1-16(12-18,8-13-4-6-15(17)7-5-13)20(2)10-14-9-19-21(3)11-14/h4-7,9,11H,8,10,12,18H2,1-3H3. The van der Waals surface area contributed by atoms with Crippen molar-refractivity contribution in [1.82, 2.24) is 14.7 Å². The van der Waals surface area contributed by atoms with Gasteiger partial charge in [0.1, 0.15) is 0 Å². The molecule has 21 heavy (non-hydrogen) atoms. The minimum Gasteiger partial charge on any atom is -0.329 e. The fraction of sp³-hybridized carbons (Fsp3) is 0.438. The summed E-state index contributed by atoms with van der Waals surface area (Å²) in [4.78, 5) is 2.29. The highest BCUT2D eigenvalue weighted by Crippen LogP contribution is 2.22. The Labute approximate surface area is 131 Å². The van der Waals surface area contributed by atoms with Crippen molar-refractivity contribution in [2.24, 2.45) is 12.8 Å². The zero-order valence-electron chi connectivity index (χ0n) is 12.9. The van der Waals surface area contributed by atoms with Crippen molar-refractivity contribution < 1.29 is 0 Å². The average Bonchev–Trinajstić information content (AvgIpc) is 2.86. The normalized spacial score (nSPS) is 14.4. The number of nitrogens with zero attached hydrogens (tertiary/aromatic N) is 3. The summed E-state index contributed by atoms with van der Waals surface area (Å²) in [5, 5.41) is 4.98. The summed E-state index contributed by atoms with van der Waals surface area (Å²) < 4.78 is 1.82. The Morgan fingerprint density at radius 3 is 2.48 bits per heavy atom. The van der Waals surface area contributed by atoms with Crippen LogP contribution < -0.4 is 5.73 Å². The maximum atomic E-state index is 6.06. The monoisotopic (exact) mass is 306 g/mol. The number of hydrogen-bond acceptors (Lipinski definition) is 3. The number of rotatable bonds is 6. The van der Waals surface area contributed by atoms with E-state index in [0.717, 1.165) is 18.0 Å². The Morgan fingerprint density at radius 2 is 1.95 bits per heavy atom. The molecule has 2 rings (SSSR count). The molecule has 0 amide bonds. The summed E-state index contributed by atoms with van der Waals surface area (Å²) in [7, 11) is 4.04. The van der Waals surface area contributed by atoms with E-state index in [4.69, 9.17) is 17.3 Å². The molecule has 5 heteroatoms. The molecule has 0 aliphatic rings. The van der Waals surface area contributed by atoms with Crippen LogP contribution in [-0.4, -0.2) is 33.8 Å². The van der Waals surface area contributed by atoms with Crippen LogP contribution in [0.15, 0.2) is 36.7 Å². The minimum atomic E-state index is -0.107. The van der Waals surface area contributed by atoms with E-state index in [2.05, 4.69) is 36.1 Å². The van der Waals surface area contributed by atoms with Gasteiger partial charge >= 0.3 is 0 Å². The molecule has 0 bridgehead atoms. The zero-order valence-corrected chi connectivity index (χ0v) is 13.6. The highest BCUT2D eigenvalue weighted by atomic mass is 35.5. The van der Waals surface area contributed by atoms with Crippen molar-refractivity contribution in [3.8, 4) is 0 Å². The van der Waals surface area contributed by atoms with E-state index >= 15 is 0 Å². The first-order chi connectivity index (χ1) is 9.93. The lowest BCUT2D eigenvalue weighted by molar-refractivity contribution is 0.136. The minimum absolute atomic E-state index is 0.107. The number of halogens is 1. The third kappa shape index (κ3) is 4.06. The second-order valence-electron chi connectivity index (χ2n) is 5.88. The quantitative estimate of drug-likeness (QED) is 0.892. The maximum Gasteiger partial charge on any atom is 0.0534 e. The molecule has 2 aromatic rings. The van der Waals surface area contributed by atoms with Crippen LogP contribution in [0.1, 0.15) is 18.1 Å². The van der Waals surface area contributed by atoms with Crippen molar-refractivity contribution in [1.29, 1.82) is 0 Å². The van der Waals surface area contributed by atoms with E-state index in [0.29, 0.717) is 6.54 Å². The van der Waals surface area contributed by atoms with E-state index < -0.39 is 0 Å². The highest BCUT2D eigenvalue weighted by Gasteiger charge is 2.28. The van der Waals surface area contributed by atoms with E-state index in [1.165, 1.54) is 11.1 Å². The first-order valence-corrected chi connectivity index (χ1v) is 7.44. The predicted octanol–water partition coefficient (Wildman–Crippen LogP) is 2.47. The van der Waals surface area contributed by atoms with Gasteiger partial charge in [0.15, 0.2) is 0 Å². The maximum absolute atomic E-state index is 6.06. The van der Waals surface area contributed by atoms with Gasteiger partial charge in [-0.1, -0.05) is 23.7 Å². The SMILES string of the molecule is CN(Cc1cnn(C)c1)C(C)(CN)Cc1ccc(Cl)cc1. The van der Waals surface area contributed by atoms with E-state index in [-0.39, 0.29) is 5.54 Å². The van der Waals surface area contributed by atoms with E-state index in [9.17, 15) is 0 Å². The van der Waals surface area contributed by atoms with Crippen molar-refractivity contribution in [2.45, 2.75) is 25.4 Å².